The van der Waals surface area contributed by atoms with Gasteiger partial charge in [0.05, 0.1) is 5.52 Å². The summed E-state index contributed by atoms with van der Waals surface area (Å²) >= 11 is 12.5. The lowest BCUT2D eigenvalue weighted by Crippen LogP contribution is -2.13. The van der Waals surface area contributed by atoms with Crippen LogP contribution in [-0.4, -0.2) is 4.98 Å². The summed E-state index contributed by atoms with van der Waals surface area (Å²) in [6.45, 7) is 0. The summed E-state index contributed by atoms with van der Waals surface area (Å²) in [5.74, 6) is 0.379. The third-order valence-electron chi connectivity index (χ3n) is 4.72. The van der Waals surface area contributed by atoms with E-state index in [-0.39, 0.29) is 0 Å². The van der Waals surface area contributed by atoms with Crippen molar-refractivity contribution in [2.75, 3.05) is 0 Å². The standard InChI is InChI=1S/C20H14Cl2N2/c21-14-6-2-5-13(9-14)19-16-10-15(22)7-8-17(16)24-18(11-23)20(19)12-3-1-4-12/h2,5-10,12H,1,3-4H2. The highest BCUT2D eigenvalue weighted by Gasteiger charge is 2.28. The van der Waals surface area contributed by atoms with E-state index < -0.39 is 0 Å². The molecule has 0 N–H and O–H groups in total. The van der Waals surface area contributed by atoms with Gasteiger partial charge in [-0.2, -0.15) is 5.26 Å². The van der Waals surface area contributed by atoms with E-state index in [9.17, 15) is 5.26 Å². The number of aromatic nitrogens is 1. The van der Waals surface area contributed by atoms with E-state index in [4.69, 9.17) is 23.2 Å². The fraction of sp³-hybridized carbons (Fsp3) is 0.200. The van der Waals surface area contributed by atoms with Crippen LogP contribution in [0.4, 0.5) is 0 Å². The van der Waals surface area contributed by atoms with Crippen molar-refractivity contribution < 1.29 is 0 Å². The molecule has 1 aliphatic rings. The zero-order chi connectivity index (χ0) is 16.7. The summed E-state index contributed by atoms with van der Waals surface area (Å²) < 4.78 is 0. The minimum absolute atomic E-state index is 0.379. The normalized spacial score (nSPS) is 14.4. The fourth-order valence-corrected chi connectivity index (χ4v) is 3.75. The SMILES string of the molecule is N#Cc1nc2ccc(Cl)cc2c(-c2cccc(Cl)c2)c1C1CCC1. The molecule has 3 aromatic rings. The van der Waals surface area contributed by atoms with Crippen molar-refractivity contribution in [1.29, 1.82) is 5.26 Å². The largest absolute Gasteiger partial charge is 0.237 e. The van der Waals surface area contributed by atoms with E-state index in [0.717, 1.165) is 40.4 Å². The van der Waals surface area contributed by atoms with Gasteiger partial charge in [-0.05, 0) is 60.2 Å². The zero-order valence-electron chi connectivity index (χ0n) is 12.9. The van der Waals surface area contributed by atoms with Gasteiger partial charge in [0.1, 0.15) is 11.8 Å². The topological polar surface area (TPSA) is 36.7 Å². The van der Waals surface area contributed by atoms with E-state index in [1.54, 1.807) is 0 Å². The molecule has 0 unspecified atom stereocenters. The van der Waals surface area contributed by atoms with Gasteiger partial charge in [0, 0.05) is 21.0 Å². The van der Waals surface area contributed by atoms with Crippen LogP contribution in [0.3, 0.4) is 0 Å². The lowest BCUT2D eigenvalue weighted by Gasteiger charge is -2.29. The molecule has 4 heteroatoms. The summed E-state index contributed by atoms with van der Waals surface area (Å²) in [6, 6.07) is 15.7. The average molecular weight is 353 g/mol. The Labute approximate surface area is 150 Å². The monoisotopic (exact) mass is 352 g/mol. The number of rotatable bonds is 2. The third kappa shape index (κ3) is 2.55. The summed E-state index contributed by atoms with van der Waals surface area (Å²) in [7, 11) is 0. The molecule has 0 spiro atoms. The van der Waals surface area contributed by atoms with E-state index in [1.807, 2.05) is 42.5 Å². The van der Waals surface area contributed by atoms with Gasteiger partial charge in [-0.15, -0.1) is 0 Å². The molecule has 118 valence electrons. The number of nitriles is 1. The van der Waals surface area contributed by atoms with Gasteiger partial charge < -0.3 is 0 Å². The highest BCUT2D eigenvalue weighted by molar-refractivity contribution is 6.32. The molecular weight excluding hydrogens is 339 g/mol. The molecule has 0 bridgehead atoms. The summed E-state index contributed by atoms with van der Waals surface area (Å²) in [6.07, 6.45) is 3.38. The van der Waals surface area contributed by atoms with Crippen LogP contribution in [0.1, 0.15) is 36.4 Å². The van der Waals surface area contributed by atoms with Crippen LogP contribution in [0.2, 0.25) is 10.0 Å². The van der Waals surface area contributed by atoms with E-state index >= 15 is 0 Å². The van der Waals surface area contributed by atoms with Crippen LogP contribution in [0.15, 0.2) is 42.5 Å². The van der Waals surface area contributed by atoms with Gasteiger partial charge in [-0.1, -0.05) is 41.8 Å². The first-order valence-electron chi connectivity index (χ1n) is 7.96. The number of hydrogen-bond donors (Lipinski definition) is 0. The van der Waals surface area contributed by atoms with Crippen molar-refractivity contribution in [1.82, 2.24) is 4.98 Å². The third-order valence-corrected chi connectivity index (χ3v) is 5.19. The van der Waals surface area contributed by atoms with E-state index in [0.29, 0.717) is 21.7 Å². The molecule has 1 fully saturated rings. The molecule has 4 rings (SSSR count). The van der Waals surface area contributed by atoms with Crippen molar-refractivity contribution in [3.63, 3.8) is 0 Å². The Morgan fingerprint density at radius 3 is 2.50 bits per heavy atom. The van der Waals surface area contributed by atoms with Crippen LogP contribution in [0, 0.1) is 11.3 Å². The Bertz CT molecular complexity index is 985. The Hall–Kier alpha value is -2.08. The molecule has 2 aromatic carbocycles. The van der Waals surface area contributed by atoms with Gasteiger partial charge in [0.25, 0.3) is 0 Å². The van der Waals surface area contributed by atoms with Crippen LogP contribution in [-0.2, 0) is 0 Å². The number of fused-ring (bicyclic) bond motifs is 1. The van der Waals surface area contributed by atoms with Gasteiger partial charge >= 0.3 is 0 Å². The highest BCUT2D eigenvalue weighted by atomic mass is 35.5. The molecular formula is C20H14Cl2N2. The van der Waals surface area contributed by atoms with E-state index in [1.165, 1.54) is 6.42 Å². The lowest BCUT2D eigenvalue weighted by molar-refractivity contribution is 0.419. The maximum absolute atomic E-state index is 9.66. The number of benzene rings is 2. The second-order valence-corrected chi connectivity index (χ2v) is 7.03. The zero-order valence-corrected chi connectivity index (χ0v) is 14.4. The van der Waals surface area contributed by atoms with Crippen molar-refractivity contribution in [3.05, 3.63) is 63.8 Å². The van der Waals surface area contributed by atoms with Crippen molar-refractivity contribution in [2.24, 2.45) is 0 Å². The maximum atomic E-state index is 9.66. The Morgan fingerprint density at radius 2 is 1.83 bits per heavy atom. The number of pyridine rings is 1. The van der Waals surface area contributed by atoms with E-state index in [2.05, 4.69) is 11.1 Å². The minimum atomic E-state index is 0.379. The second kappa shape index (κ2) is 6.09. The predicted molar refractivity (Wildman–Crippen MR) is 98.5 cm³/mol. The summed E-state index contributed by atoms with van der Waals surface area (Å²) in [4.78, 5) is 4.59. The maximum Gasteiger partial charge on any atom is 0.145 e. The number of hydrogen-bond acceptors (Lipinski definition) is 2. The summed E-state index contributed by atoms with van der Waals surface area (Å²) in [5, 5.41) is 12.0. The molecule has 1 saturated carbocycles. The first kappa shape index (κ1) is 15.4. The van der Waals surface area contributed by atoms with Crippen LogP contribution < -0.4 is 0 Å². The fourth-order valence-electron chi connectivity index (χ4n) is 3.38. The highest BCUT2D eigenvalue weighted by Crippen LogP contribution is 2.45. The molecule has 1 aromatic heterocycles. The van der Waals surface area contributed by atoms with Gasteiger partial charge in [-0.3, -0.25) is 0 Å². The van der Waals surface area contributed by atoms with Crippen LogP contribution >= 0.6 is 23.2 Å². The van der Waals surface area contributed by atoms with Gasteiger partial charge in [0.15, 0.2) is 0 Å². The Balaban J connectivity index is 2.13. The first-order valence-corrected chi connectivity index (χ1v) is 8.72. The number of nitrogens with zero attached hydrogens (tertiary/aromatic N) is 2. The Kier molecular flexibility index (Phi) is 3.92. The van der Waals surface area contributed by atoms with Crippen molar-refractivity contribution in [3.8, 4) is 17.2 Å². The Morgan fingerprint density at radius 1 is 1.04 bits per heavy atom. The molecule has 0 atom stereocenters. The minimum Gasteiger partial charge on any atom is -0.237 e. The molecule has 1 aliphatic carbocycles. The molecule has 0 radical (unpaired) electrons. The molecule has 0 amide bonds. The quantitative estimate of drug-likeness (QED) is 0.538. The van der Waals surface area contributed by atoms with Crippen LogP contribution in [0.5, 0.6) is 0 Å². The summed E-state index contributed by atoms with van der Waals surface area (Å²) in [5.41, 5.74) is 4.40. The van der Waals surface area contributed by atoms with Gasteiger partial charge in [-0.25, -0.2) is 4.98 Å². The van der Waals surface area contributed by atoms with Crippen LogP contribution in [0.25, 0.3) is 22.0 Å². The molecule has 0 aliphatic heterocycles. The molecule has 0 saturated heterocycles. The molecule has 1 heterocycles. The molecule has 24 heavy (non-hydrogen) atoms. The smallest absolute Gasteiger partial charge is 0.145 e. The van der Waals surface area contributed by atoms with Crippen molar-refractivity contribution in [2.45, 2.75) is 25.2 Å². The van der Waals surface area contributed by atoms with Gasteiger partial charge in [0.2, 0.25) is 0 Å². The first-order chi connectivity index (χ1) is 11.7. The second-order valence-electron chi connectivity index (χ2n) is 6.16. The lowest BCUT2D eigenvalue weighted by atomic mass is 9.75. The van der Waals surface area contributed by atoms with Crippen molar-refractivity contribution >= 4 is 34.1 Å². The number of halogens is 2. The molecule has 2 nitrogen and oxygen atoms in total. The predicted octanol–water partition coefficient (Wildman–Crippen LogP) is 6.35. The average Bonchev–Trinajstić information content (AvgIpc) is 2.52.